The number of nitrogens with one attached hydrogen (secondary N) is 2. The molecule has 0 heterocycles. The summed E-state index contributed by atoms with van der Waals surface area (Å²) in [5.74, 6) is 0.953. The minimum atomic E-state index is 0. The molecule has 142 valence electrons. The first-order chi connectivity index (χ1) is 11.2. The van der Waals surface area contributed by atoms with Crippen LogP contribution in [0.4, 0.5) is 0 Å². The van der Waals surface area contributed by atoms with Crippen molar-refractivity contribution < 1.29 is 0 Å². The second-order valence-electron chi connectivity index (χ2n) is 6.85. The molecule has 0 fully saturated rings. The van der Waals surface area contributed by atoms with E-state index in [-0.39, 0.29) is 24.0 Å². The molecule has 0 aromatic rings. The topological polar surface area (TPSA) is 39.7 Å². The largest absolute Gasteiger partial charge is 0.356 e. The molecule has 4 nitrogen and oxygen atoms in total. The fraction of sp³-hybridized carbons (Fsp3) is 0.842. The number of halogens is 1. The van der Waals surface area contributed by atoms with E-state index in [4.69, 9.17) is 0 Å². The van der Waals surface area contributed by atoms with E-state index in [0.29, 0.717) is 0 Å². The van der Waals surface area contributed by atoms with E-state index in [2.05, 4.69) is 40.7 Å². The van der Waals surface area contributed by atoms with Crippen molar-refractivity contribution in [3.05, 3.63) is 11.6 Å². The average molecular weight is 450 g/mol. The predicted molar refractivity (Wildman–Crippen MR) is 118 cm³/mol. The van der Waals surface area contributed by atoms with Crippen molar-refractivity contribution in [3.8, 4) is 0 Å². The Balaban J connectivity index is 0.00000529. The summed E-state index contributed by atoms with van der Waals surface area (Å²) in [4.78, 5) is 6.57. The normalized spacial score (nSPS) is 15.0. The molecule has 1 aliphatic rings. The van der Waals surface area contributed by atoms with Crippen molar-refractivity contribution in [1.82, 2.24) is 15.5 Å². The molecule has 2 N–H and O–H groups in total. The molecule has 0 aliphatic heterocycles. The second-order valence-corrected chi connectivity index (χ2v) is 6.85. The summed E-state index contributed by atoms with van der Waals surface area (Å²) in [6.07, 6.45) is 15.4. The summed E-state index contributed by atoms with van der Waals surface area (Å²) in [7, 11) is 6.15. The summed E-state index contributed by atoms with van der Waals surface area (Å²) in [6, 6.07) is 0. The average Bonchev–Trinajstić information content (AvgIpc) is 2.56. The highest BCUT2D eigenvalue weighted by Gasteiger charge is 2.04. The third-order valence-corrected chi connectivity index (χ3v) is 4.42. The number of unbranched alkanes of at least 4 members (excludes halogenated alkanes) is 4. The first-order valence-electron chi connectivity index (χ1n) is 9.49. The quantitative estimate of drug-likeness (QED) is 0.163. The lowest BCUT2D eigenvalue weighted by Crippen LogP contribution is -2.38. The van der Waals surface area contributed by atoms with Crippen LogP contribution in [0.3, 0.4) is 0 Å². The van der Waals surface area contributed by atoms with Crippen LogP contribution in [0.1, 0.15) is 64.2 Å². The number of hydrogen-bond donors (Lipinski definition) is 2. The summed E-state index contributed by atoms with van der Waals surface area (Å²) in [5.41, 5.74) is 1.62. The SMILES string of the molecule is CN=C(NCCCCCCCN(C)C)NCCC1=CCCCC1.I. The van der Waals surface area contributed by atoms with Gasteiger partial charge in [0.15, 0.2) is 5.96 Å². The molecule has 5 heteroatoms. The Morgan fingerprint density at radius 2 is 1.75 bits per heavy atom. The summed E-state index contributed by atoms with van der Waals surface area (Å²) < 4.78 is 0. The van der Waals surface area contributed by atoms with Gasteiger partial charge in [0, 0.05) is 20.1 Å². The van der Waals surface area contributed by atoms with Gasteiger partial charge in [-0.1, -0.05) is 30.9 Å². The fourth-order valence-electron chi connectivity index (χ4n) is 2.98. The maximum Gasteiger partial charge on any atom is 0.190 e. The van der Waals surface area contributed by atoms with Gasteiger partial charge >= 0.3 is 0 Å². The van der Waals surface area contributed by atoms with Gasteiger partial charge in [-0.3, -0.25) is 4.99 Å². The minimum absolute atomic E-state index is 0. The number of rotatable bonds is 11. The Morgan fingerprint density at radius 1 is 1.04 bits per heavy atom. The third kappa shape index (κ3) is 13.0. The monoisotopic (exact) mass is 450 g/mol. The molecule has 1 rings (SSSR count). The smallest absolute Gasteiger partial charge is 0.190 e. The van der Waals surface area contributed by atoms with Crippen LogP contribution in [-0.2, 0) is 0 Å². The zero-order valence-electron chi connectivity index (χ0n) is 16.1. The van der Waals surface area contributed by atoms with Crippen LogP contribution in [0.2, 0.25) is 0 Å². The number of guanidine groups is 1. The van der Waals surface area contributed by atoms with E-state index >= 15 is 0 Å². The standard InChI is InChI=1S/C19H38N4.HI/c1-20-19(22-16-14-18-12-8-7-9-13-18)21-15-10-5-4-6-11-17-23(2)3;/h12H,4-11,13-17H2,1-3H3,(H2,20,21,22);1H. The van der Waals surface area contributed by atoms with E-state index in [1.807, 2.05) is 7.05 Å². The van der Waals surface area contributed by atoms with Crippen molar-refractivity contribution >= 4 is 29.9 Å². The summed E-state index contributed by atoms with van der Waals surface area (Å²) >= 11 is 0. The van der Waals surface area contributed by atoms with E-state index < -0.39 is 0 Å². The van der Waals surface area contributed by atoms with Crippen molar-refractivity contribution in [2.45, 2.75) is 64.2 Å². The number of nitrogens with zero attached hydrogens (tertiary/aromatic N) is 2. The second kappa shape index (κ2) is 16.2. The van der Waals surface area contributed by atoms with Gasteiger partial charge in [0.25, 0.3) is 0 Å². The Morgan fingerprint density at radius 3 is 2.42 bits per heavy atom. The van der Waals surface area contributed by atoms with Crippen LogP contribution in [0.25, 0.3) is 0 Å². The van der Waals surface area contributed by atoms with E-state index in [1.54, 1.807) is 5.57 Å². The Labute approximate surface area is 167 Å². The maximum atomic E-state index is 4.31. The molecule has 1 aliphatic carbocycles. The molecular formula is C19H39IN4. The van der Waals surface area contributed by atoms with Crippen LogP contribution in [0, 0.1) is 0 Å². The van der Waals surface area contributed by atoms with Crippen LogP contribution in [0.5, 0.6) is 0 Å². The predicted octanol–water partition coefficient (Wildman–Crippen LogP) is 4.17. The Hall–Kier alpha value is -0.300. The highest BCUT2D eigenvalue weighted by Crippen LogP contribution is 2.19. The molecule has 0 saturated heterocycles. The van der Waals surface area contributed by atoms with E-state index in [1.165, 1.54) is 64.3 Å². The lowest BCUT2D eigenvalue weighted by Gasteiger charge is -2.15. The first-order valence-corrected chi connectivity index (χ1v) is 9.49. The van der Waals surface area contributed by atoms with Crippen molar-refractivity contribution in [2.75, 3.05) is 40.8 Å². The molecule has 0 radical (unpaired) electrons. The van der Waals surface area contributed by atoms with E-state index in [9.17, 15) is 0 Å². The van der Waals surface area contributed by atoms with E-state index in [0.717, 1.165) is 25.5 Å². The number of allylic oxidation sites excluding steroid dienone is 1. The van der Waals surface area contributed by atoms with Gasteiger partial charge in [0.1, 0.15) is 0 Å². The van der Waals surface area contributed by atoms with Gasteiger partial charge in [-0.25, -0.2) is 0 Å². The van der Waals surface area contributed by atoms with Gasteiger partial charge in [0.2, 0.25) is 0 Å². The van der Waals surface area contributed by atoms with Gasteiger partial charge in [-0.15, -0.1) is 24.0 Å². The summed E-state index contributed by atoms with van der Waals surface area (Å²) in [6.45, 7) is 3.23. The molecule has 0 spiro atoms. The minimum Gasteiger partial charge on any atom is -0.356 e. The maximum absolute atomic E-state index is 4.31. The molecular weight excluding hydrogens is 411 g/mol. The van der Waals surface area contributed by atoms with Gasteiger partial charge in [-0.2, -0.15) is 0 Å². The lowest BCUT2D eigenvalue weighted by molar-refractivity contribution is 0.389. The fourth-order valence-corrected chi connectivity index (χ4v) is 2.98. The zero-order valence-corrected chi connectivity index (χ0v) is 18.4. The lowest BCUT2D eigenvalue weighted by atomic mass is 9.97. The van der Waals surface area contributed by atoms with Crippen LogP contribution in [0.15, 0.2) is 16.6 Å². The van der Waals surface area contributed by atoms with Crippen LogP contribution in [-0.4, -0.2) is 51.6 Å². The van der Waals surface area contributed by atoms with Crippen molar-refractivity contribution in [3.63, 3.8) is 0 Å². The van der Waals surface area contributed by atoms with Crippen molar-refractivity contribution in [2.24, 2.45) is 4.99 Å². The van der Waals surface area contributed by atoms with Crippen molar-refractivity contribution in [1.29, 1.82) is 0 Å². The van der Waals surface area contributed by atoms with Gasteiger partial charge in [0.05, 0.1) is 0 Å². The molecule has 0 saturated carbocycles. The molecule has 24 heavy (non-hydrogen) atoms. The van der Waals surface area contributed by atoms with Crippen LogP contribution < -0.4 is 10.6 Å². The summed E-state index contributed by atoms with van der Waals surface area (Å²) in [5, 5.41) is 6.86. The molecule has 0 aromatic heterocycles. The Bertz CT molecular complexity index is 353. The third-order valence-electron chi connectivity index (χ3n) is 4.42. The van der Waals surface area contributed by atoms with Gasteiger partial charge in [-0.05, 0) is 65.6 Å². The highest BCUT2D eigenvalue weighted by molar-refractivity contribution is 14.0. The first kappa shape index (κ1) is 23.7. The zero-order chi connectivity index (χ0) is 16.8. The molecule has 0 atom stereocenters. The van der Waals surface area contributed by atoms with Gasteiger partial charge < -0.3 is 15.5 Å². The molecule has 0 unspecified atom stereocenters. The Kier molecular flexibility index (Phi) is 16.0. The number of hydrogen-bond acceptors (Lipinski definition) is 2. The highest BCUT2D eigenvalue weighted by atomic mass is 127. The number of aliphatic imine (C=N–C) groups is 1. The molecule has 0 bridgehead atoms. The molecule has 0 amide bonds. The van der Waals surface area contributed by atoms with Crippen LogP contribution >= 0.6 is 24.0 Å². The molecule has 0 aromatic carbocycles.